The quantitative estimate of drug-likeness (QED) is 0.133. The van der Waals surface area contributed by atoms with Crippen molar-refractivity contribution >= 4 is 35.7 Å². The summed E-state index contributed by atoms with van der Waals surface area (Å²) in [6, 6.07) is 41.1. The lowest BCUT2D eigenvalue weighted by Gasteiger charge is -2.12. The number of rotatable bonds is 12. The average Bonchev–Trinajstić information content (AvgIpc) is 3.67. The fourth-order valence-electron chi connectivity index (χ4n) is 4.57. The van der Waals surface area contributed by atoms with Gasteiger partial charge in [-0.1, -0.05) is 145 Å². The molecule has 0 bridgehead atoms. The molecule has 43 heavy (non-hydrogen) atoms. The zero-order valence-electron chi connectivity index (χ0n) is 23.5. The monoisotopic (exact) mass is 598 g/mol. The summed E-state index contributed by atoms with van der Waals surface area (Å²) in [5, 5.41) is 20.2. The van der Waals surface area contributed by atoms with Crippen molar-refractivity contribution < 1.29 is 0 Å². The van der Waals surface area contributed by atoms with Crippen molar-refractivity contribution in [1.82, 2.24) is 29.5 Å². The first-order chi connectivity index (χ1) is 21.3. The van der Waals surface area contributed by atoms with Crippen LogP contribution >= 0.6 is 23.5 Å². The number of hydrogen-bond acceptors (Lipinski definition) is 6. The van der Waals surface area contributed by atoms with Crippen molar-refractivity contribution in [2.24, 2.45) is 0 Å². The second-order valence-corrected chi connectivity index (χ2v) is 11.5. The van der Waals surface area contributed by atoms with Crippen LogP contribution in [0.5, 0.6) is 0 Å². The molecule has 0 saturated heterocycles. The topological polar surface area (TPSA) is 61.4 Å². The average molecular weight is 599 g/mol. The SMILES string of the molecule is C(=Cc1ccccc1)CSc1nnc(Cc2nnc(SCC=Cc3ccccc3)n2-c2ccccc2)n1-c1ccccc1. The van der Waals surface area contributed by atoms with Crippen LogP contribution in [0.2, 0.25) is 0 Å². The summed E-state index contributed by atoms with van der Waals surface area (Å²) in [7, 11) is 0. The van der Waals surface area contributed by atoms with Gasteiger partial charge >= 0.3 is 0 Å². The third kappa shape index (κ3) is 7.41. The zero-order chi connectivity index (χ0) is 29.1. The molecule has 0 aliphatic heterocycles. The van der Waals surface area contributed by atoms with Crippen molar-refractivity contribution in [2.45, 2.75) is 16.7 Å². The number of hydrogen-bond donors (Lipinski definition) is 0. The lowest BCUT2D eigenvalue weighted by Crippen LogP contribution is -2.08. The summed E-state index contributed by atoms with van der Waals surface area (Å²) >= 11 is 3.32. The van der Waals surface area contributed by atoms with Gasteiger partial charge in [0.2, 0.25) is 0 Å². The van der Waals surface area contributed by atoms with Gasteiger partial charge in [0.25, 0.3) is 0 Å². The van der Waals surface area contributed by atoms with Crippen molar-refractivity contribution in [3.05, 3.63) is 156 Å². The molecule has 0 aliphatic rings. The number of benzene rings is 4. The number of thioether (sulfide) groups is 2. The van der Waals surface area contributed by atoms with Gasteiger partial charge < -0.3 is 0 Å². The van der Waals surface area contributed by atoms with Gasteiger partial charge in [-0.3, -0.25) is 9.13 Å². The van der Waals surface area contributed by atoms with Crippen LogP contribution in [0.25, 0.3) is 23.5 Å². The van der Waals surface area contributed by atoms with Crippen LogP contribution in [0.3, 0.4) is 0 Å². The molecule has 0 atom stereocenters. The van der Waals surface area contributed by atoms with E-state index in [-0.39, 0.29) is 0 Å². The van der Waals surface area contributed by atoms with Crippen LogP contribution in [-0.2, 0) is 6.42 Å². The Kier molecular flexibility index (Phi) is 9.59. The minimum absolute atomic E-state index is 0.477. The van der Waals surface area contributed by atoms with Crippen LogP contribution < -0.4 is 0 Å². The molecule has 0 saturated carbocycles. The third-order valence-corrected chi connectivity index (χ3v) is 8.35. The van der Waals surface area contributed by atoms with Crippen LogP contribution in [0.4, 0.5) is 0 Å². The fraction of sp³-hybridized carbons (Fsp3) is 0.0857. The molecule has 0 fully saturated rings. The standard InChI is InChI=1S/C35H30N6S2/c1-5-15-28(16-6-1)19-13-25-42-34-38-36-32(40(34)30-21-9-3-10-22-30)27-33-37-39-35(41(33)31-23-11-4-12-24-31)43-26-14-20-29-17-7-2-8-18-29/h1-24H,25-27H2. The molecule has 0 radical (unpaired) electrons. The smallest absolute Gasteiger partial charge is 0.196 e. The van der Waals surface area contributed by atoms with Crippen LogP contribution in [-0.4, -0.2) is 41.0 Å². The molecule has 0 amide bonds. The Morgan fingerprint density at radius 3 is 1.23 bits per heavy atom. The molecule has 6 nitrogen and oxygen atoms in total. The van der Waals surface area contributed by atoms with E-state index < -0.39 is 0 Å². The molecule has 0 spiro atoms. The molecule has 0 aliphatic carbocycles. The molecule has 2 aromatic heterocycles. The highest BCUT2D eigenvalue weighted by molar-refractivity contribution is 7.99. The van der Waals surface area contributed by atoms with E-state index in [2.05, 4.69) is 102 Å². The van der Waals surface area contributed by atoms with Crippen molar-refractivity contribution in [3.8, 4) is 11.4 Å². The Morgan fingerprint density at radius 2 is 0.837 bits per heavy atom. The molecule has 6 aromatic rings. The first-order valence-electron chi connectivity index (χ1n) is 14.0. The number of para-hydroxylation sites is 2. The van der Waals surface area contributed by atoms with Crippen molar-refractivity contribution in [1.29, 1.82) is 0 Å². The normalized spacial score (nSPS) is 11.5. The largest absolute Gasteiger partial charge is 0.274 e. The Bertz CT molecular complexity index is 1650. The number of nitrogens with zero attached hydrogens (tertiary/aromatic N) is 6. The maximum atomic E-state index is 4.65. The van der Waals surface area contributed by atoms with E-state index in [4.69, 9.17) is 0 Å². The van der Waals surface area contributed by atoms with Gasteiger partial charge in [0.1, 0.15) is 11.6 Å². The van der Waals surface area contributed by atoms with Gasteiger partial charge in [-0.15, -0.1) is 20.4 Å². The van der Waals surface area contributed by atoms with Crippen molar-refractivity contribution in [2.75, 3.05) is 11.5 Å². The Labute approximate surface area is 260 Å². The van der Waals surface area contributed by atoms with E-state index in [0.29, 0.717) is 6.42 Å². The van der Waals surface area contributed by atoms with Crippen LogP contribution in [0, 0.1) is 0 Å². The van der Waals surface area contributed by atoms with Crippen LogP contribution in [0.15, 0.2) is 144 Å². The first-order valence-corrected chi connectivity index (χ1v) is 16.0. The van der Waals surface area contributed by atoms with Crippen molar-refractivity contribution in [3.63, 3.8) is 0 Å². The highest BCUT2D eigenvalue weighted by Gasteiger charge is 2.20. The second kappa shape index (κ2) is 14.5. The maximum absolute atomic E-state index is 4.65. The predicted octanol–water partition coefficient (Wildman–Crippen LogP) is 8.05. The summed E-state index contributed by atoms with van der Waals surface area (Å²) in [5.74, 6) is 3.17. The summed E-state index contributed by atoms with van der Waals surface area (Å²) in [5.41, 5.74) is 4.39. The summed E-state index contributed by atoms with van der Waals surface area (Å²) in [4.78, 5) is 0. The molecular weight excluding hydrogens is 569 g/mol. The zero-order valence-corrected chi connectivity index (χ0v) is 25.1. The molecule has 0 N–H and O–H groups in total. The third-order valence-electron chi connectivity index (χ3n) is 6.58. The lowest BCUT2D eigenvalue weighted by atomic mass is 10.2. The molecule has 6 rings (SSSR count). The molecule has 212 valence electrons. The molecular formula is C35H30N6S2. The predicted molar refractivity (Wildman–Crippen MR) is 178 cm³/mol. The summed E-state index contributed by atoms with van der Waals surface area (Å²) in [6.45, 7) is 0. The van der Waals surface area contributed by atoms with E-state index >= 15 is 0 Å². The molecule has 8 heteroatoms. The summed E-state index contributed by atoms with van der Waals surface area (Å²) in [6.07, 6.45) is 9.06. The molecule has 4 aromatic carbocycles. The lowest BCUT2D eigenvalue weighted by molar-refractivity contribution is 0.792. The fourth-order valence-corrected chi connectivity index (χ4v) is 6.13. The second-order valence-electron chi connectivity index (χ2n) is 9.56. The first kappa shape index (κ1) is 28.5. The Morgan fingerprint density at radius 1 is 0.465 bits per heavy atom. The van der Waals surface area contributed by atoms with E-state index in [0.717, 1.165) is 44.8 Å². The van der Waals surface area contributed by atoms with Gasteiger partial charge in [-0.05, 0) is 35.4 Å². The highest BCUT2D eigenvalue weighted by Crippen LogP contribution is 2.27. The van der Waals surface area contributed by atoms with Gasteiger partial charge in [0.05, 0.1) is 6.42 Å². The van der Waals surface area contributed by atoms with E-state index in [1.807, 2.05) is 72.8 Å². The van der Waals surface area contributed by atoms with Gasteiger partial charge in [-0.25, -0.2) is 0 Å². The number of aromatic nitrogens is 6. The van der Waals surface area contributed by atoms with E-state index in [1.54, 1.807) is 23.5 Å². The van der Waals surface area contributed by atoms with E-state index in [1.165, 1.54) is 11.1 Å². The van der Waals surface area contributed by atoms with Gasteiger partial charge in [0.15, 0.2) is 10.3 Å². The highest BCUT2D eigenvalue weighted by atomic mass is 32.2. The maximum Gasteiger partial charge on any atom is 0.196 e. The molecule has 0 unspecified atom stereocenters. The molecule has 2 heterocycles. The van der Waals surface area contributed by atoms with Gasteiger partial charge in [0, 0.05) is 22.9 Å². The van der Waals surface area contributed by atoms with Crippen LogP contribution in [0.1, 0.15) is 22.8 Å². The summed E-state index contributed by atoms with van der Waals surface area (Å²) < 4.78 is 4.25. The Hall–Kier alpha value is -4.66. The van der Waals surface area contributed by atoms with Gasteiger partial charge in [-0.2, -0.15) is 0 Å². The Balaban J connectivity index is 1.26. The minimum atomic E-state index is 0.477. The minimum Gasteiger partial charge on any atom is -0.274 e. The van der Waals surface area contributed by atoms with E-state index in [9.17, 15) is 0 Å².